The van der Waals surface area contributed by atoms with E-state index in [0.717, 1.165) is 23.3 Å². The summed E-state index contributed by atoms with van der Waals surface area (Å²) >= 11 is 5.62. The number of anilines is 1. The van der Waals surface area contributed by atoms with E-state index in [1.807, 2.05) is 10.4 Å². The number of amides is 1. The Bertz CT molecular complexity index is 964. The lowest BCUT2D eigenvalue weighted by molar-refractivity contribution is 0.0696. The van der Waals surface area contributed by atoms with Crippen LogP contribution in [0.3, 0.4) is 0 Å². The number of ether oxygens (including phenoxy) is 1. The van der Waals surface area contributed by atoms with Crippen molar-refractivity contribution < 1.29 is 19.4 Å². The molecule has 0 bridgehead atoms. The van der Waals surface area contributed by atoms with Gasteiger partial charge in [0.15, 0.2) is 0 Å². The average molecular weight is 433 g/mol. The first-order valence-corrected chi connectivity index (χ1v) is 10.8. The van der Waals surface area contributed by atoms with Crippen LogP contribution in [0.1, 0.15) is 51.4 Å². The fourth-order valence-corrected chi connectivity index (χ4v) is 5.40. The monoisotopic (exact) mass is 432 g/mol. The molecule has 0 saturated carbocycles. The highest BCUT2D eigenvalue weighted by Gasteiger charge is 2.33. The van der Waals surface area contributed by atoms with E-state index in [1.54, 1.807) is 18.2 Å². The molecule has 2 N–H and O–H groups in total. The van der Waals surface area contributed by atoms with E-state index in [0.29, 0.717) is 35.8 Å². The minimum atomic E-state index is -0.997. The van der Waals surface area contributed by atoms with Gasteiger partial charge in [0, 0.05) is 18.0 Å². The van der Waals surface area contributed by atoms with Crippen molar-refractivity contribution in [2.24, 2.45) is 5.41 Å². The molecule has 6 nitrogen and oxygen atoms in total. The number of thiol groups is 1. The summed E-state index contributed by atoms with van der Waals surface area (Å²) in [5.74, 6) is -0.859. The maximum absolute atomic E-state index is 13.0. The molecule has 0 unspecified atom stereocenters. The quantitative estimate of drug-likeness (QED) is 0.620. The van der Waals surface area contributed by atoms with Gasteiger partial charge in [-0.1, -0.05) is 38.8 Å². The molecule has 1 fully saturated rings. The lowest BCUT2D eigenvalue weighted by Crippen LogP contribution is -2.48. The molecule has 2 heterocycles. The van der Waals surface area contributed by atoms with Gasteiger partial charge in [-0.3, -0.25) is 4.79 Å². The van der Waals surface area contributed by atoms with Crippen LogP contribution in [0.5, 0.6) is 5.75 Å². The molecule has 154 valence electrons. The second-order valence-corrected chi connectivity index (χ2v) is 10.1. The predicted octanol–water partition coefficient (Wildman–Crippen LogP) is 4.12. The SMILES string of the molecule is CC1(C)CCc2sc(NC(=O)c3ccccc3OC3CN(S)C3)c(C(=O)O)c2C1. The number of rotatable bonds is 5. The van der Waals surface area contributed by atoms with E-state index >= 15 is 0 Å². The van der Waals surface area contributed by atoms with Crippen molar-refractivity contribution in [3.8, 4) is 5.75 Å². The fourth-order valence-electron chi connectivity index (χ4n) is 3.83. The number of thiophene rings is 1. The van der Waals surface area contributed by atoms with E-state index in [9.17, 15) is 14.7 Å². The zero-order valence-electron chi connectivity index (χ0n) is 16.4. The molecule has 0 atom stereocenters. The van der Waals surface area contributed by atoms with Crippen LogP contribution in [-0.2, 0) is 12.8 Å². The van der Waals surface area contributed by atoms with Gasteiger partial charge < -0.3 is 15.2 Å². The summed E-state index contributed by atoms with van der Waals surface area (Å²) < 4.78 is 7.77. The fraction of sp³-hybridized carbons (Fsp3) is 0.429. The molecular formula is C21H24N2O4S2. The molecule has 0 spiro atoms. The van der Waals surface area contributed by atoms with Crippen molar-refractivity contribution in [2.75, 3.05) is 18.4 Å². The Morgan fingerprint density at radius 1 is 1.31 bits per heavy atom. The molecule has 1 aliphatic heterocycles. The van der Waals surface area contributed by atoms with Gasteiger partial charge in [0.25, 0.3) is 5.91 Å². The molecular weight excluding hydrogens is 408 g/mol. The largest absolute Gasteiger partial charge is 0.487 e. The molecule has 1 aromatic carbocycles. The summed E-state index contributed by atoms with van der Waals surface area (Å²) in [5.41, 5.74) is 1.55. The highest BCUT2D eigenvalue weighted by Crippen LogP contribution is 2.44. The standard InChI is InChI=1S/C21H24N2O4S2/c1-21(2)8-7-16-14(9-21)17(20(25)26)19(29-16)22-18(24)13-5-3-4-6-15(13)27-12-10-23(28)11-12/h3-6,12,28H,7-11H2,1-2H3,(H,22,24)(H,25,26). The molecule has 1 amide bonds. The lowest BCUT2D eigenvalue weighted by atomic mass is 9.76. The van der Waals surface area contributed by atoms with Crippen LogP contribution in [0, 0.1) is 5.41 Å². The van der Waals surface area contributed by atoms with E-state index in [1.165, 1.54) is 11.3 Å². The van der Waals surface area contributed by atoms with Crippen molar-refractivity contribution in [2.45, 2.75) is 39.2 Å². The first-order chi connectivity index (χ1) is 13.7. The Balaban J connectivity index is 1.60. The van der Waals surface area contributed by atoms with Crippen molar-refractivity contribution >= 4 is 41.0 Å². The van der Waals surface area contributed by atoms with Gasteiger partial charge in [0.2, 0.25) is 0 Å². The smallest absolute Gasteiger partial charge is 0.339 e. The Kier molecular flexibility index (Phi) is 5.35. The minimum absolute atomic E-state index is 0.00712. The summed E-state index contributed by atoms with van der Waals surface area (Å²) in [7, 11) is 0. The van der Waals surface area contributed by atoms with E-state index < -0.39 is 5.97 Å². The number of carbonyl (C=O) groups excluding carboxylic acids is 1. The van der Waals surface area contributed by atoms with Crippen molar-refractivity contribution in [3.63, 3.8) is 0 Å². The number of para-hydroxylation sites is 1. The van der Waals surface area contributed by atoms with Crippen LogP contribution in [-0.4, -0.2) is 40.5 Å². The molecule has 1 saturated heterocycles. The Labute approximate surface area is 179 Å². The van der Waals surface area contributed by atoms with E-state index in [4.69, 9.17) is 4.74 Å². The van der Waals surface area contributed by atoms with Gasteiger partial charge >= 0.3 is 5.97 Å². The van der Waals surface area contributed by atoms with Crippen LogP contribution in [0.15, 0.2) is 24.3 Å². The van der Waals surface area contributed by atoms with Crippen LogP contribution >= 0.6 is 24.2 Å². The number of hydrogen-bond donors (Lipinski definition) is 3. The molecule has 2 aliphatic rings. The average Bonchev–Trinajstić information content (AvgIpc) is 2.96. The number of fused-ring (bicyclic) bond motifs is 1. The highest BCUT2D eigenvalue weighted by atomic mass is 32.1. The van der Waals surface area contributed by atoms with Crippen molar-refractivity contribution in [1.82, 2.24) is 4.31 Å². The normalized spacial score (nSPS) is 18.6. The summed E-state index contributed by atoms with van der Waals surface area (Å²) in [6.07, 6.45) is 2.54. The molecule has 29 heavy (non-hydrogen) atoms. The highest BCUT2D eigenvalue weighted by molar-refractivity contribution is 7.77. The topological polar surface area (TPSA) is 78.9 Å². The summed E-state index contributed by atoms with van der Waals surface area (Å²) in [6, 6.07) is 7.04. The molecule has 1 aromatic heterocycles. The van der Waals surface area contributed by atoms with Gasteiger partial charge in [0.1, 0.15) is 16.9 Å². The summed E-state index contributed by atoms with van der Waals surface area (Å²) in [6.45, 7) is 5.68. The van der Waals surface area contributed by atoms with Gasteiger partial charge in [-0.05, 0) is 42.4 Å². The van der Waals surface area contributed by atoms with Gasteiger partial charge in [-0.25, -0.2) is 9.10 Å². The first-order valence-electron chi connectivity index (χ1n) is 9.62. The predicted molar refractivity (Wildman–Crippen MR) is 116 cm³/mol. The van der Waals surface area contributed by atoms with Crippen LogP contribution in [0.2, 0.25) is 0 Å². The second kappa shape index (κ2) is 7.66. The maximum atomic E-state index is 13.0. The molecule has 1 aliphatic carbocycles. The van der Waals surface area contributed by atoms with Crippen molar-refractivity contribution in [1.29, 1.82) is 0 Å². The number of hydrogen-bond acceptors (Lipinski definition) is 6. The zero-order chi connectivity index (χ0) is 20.8. The summed E-state index contributed by atoms with van der Waals surface area (Å²) in [5, 5.41) is 13.1. The first kappa shape index (κ1) is 20.3. The van der Waals surface area contributed by atoms with Crippen LogP contribution in [0.25, 0.3) is 0 Å². The molecule has 4 rings (SSSR count). The number of nitrogens with one attached hydrogen (secondary N) is 1. The third-order valence-electron chi connectivity index (χ3n) is 5.47. The number of aromatic carboxylic acids is 1. The number of carbonyl (C=O) groups is 2. The van der Waals surface area contributed by atoms with Crippen molar-refractivity contribution in [3.05, 3.63) is 45.8 Å². The van der Waals surface area contributed by atoms with Gasteiger partial charge in [-0.2, -0.15) is 0 Å². The number of carboxylic acids is 1. The second-order valence-electron chi connectivity index (χ2n) is 8.42. The number of aryl methyl sites for hydroxylation is 1. The Morgan fingerprint density at radius 3 is 2.72 bits per heavy atom. The molecule has 2 aromatic rings. The van der Waals surface area contributed by atoms with Crippen LogP contribution < -0.4 is 10.1 Å². The Morgan fingerprint density at radius 2 is 2.03 bits per heavy atom. The third kappa shape index (κ3) is 4.15. The van der Waals surface area contributed by atoms with Gasteiger partial charge in [-0.15, -0.1) is 11.3 Å². The van der Waals surface area contributed by atoms with E-state index in [-0.39, 0.29) is 23.0 Å². The molecule has 0 radical (unpaired) electrons. The van der Waals surface area contributed by atoms with E-state index in [2.05, 4.69) is 32.0 Å². The maximum Gasteiger partial charge on any atom is 0.339 e. The third-order valence-corrected chi connectivity index (χ3v) is 7.00. The number of carboxylic acid groups (broad SMARTS) is 1. The zero-order valence-corrected chi connectivity index (χ0v) is 18.1. The Hall–Kier alpha value is -2.03. The summed E-state index contributed by atoms with van der Waals surface area (Å²) in [4.78, 5) is 26.1. The molecule has 8 heteroatoms. The number of nitrogens with zero attached hydrogens (tertiary/aromatic N) is 1. The minimum Gasteiger partial charge on any atom is -0.487 e. The van der Waals surface area contributed by atoms with Crippen LogP contribution in [0.4, 0.5) is 5.00 Å². The lowest BCUT2D eigenvalue weighted by Gasteiger charge is -2.35. The number of benzene rings is 1. The van der Waals surface area contributed by atoms with Gasteiger partial charge in [0.05, 0.1) is 11.1 Å².